The molecular weight excluding hydrogens is 679 g/mol. The van der Waals surface area contributed by atoms with Gasteiger partial charge in [0.2, 0.25) is 0 Å². The molecule has 1 aliphatic rings. The van der Waals surface area contributed by atoms with Crippen LogP contribution in [0.2, 0.25) is 0 Å². The lowest BCUT2D eigenvalue weighted by molar-refractivity contribution is 0.732. The highest BCUT2D eigenvalue weighted by Gasteiger charge is 2.47. The Morgan fingerprint density at radius 1 is 0.321 bits per heavy atom. The number of para-hydroxylation sites is 4. The van der Waals surface area contributed by atoms with Crippen molar-refractivity contribution in [2.24, 2.45) is 0 Å². The normalized spacial score (nSPS) is 13.8. The number of nitrogens with zero attached hydrogens (tertiary/aromatic N) is 3. The van der Waals surface area contributed by atoms with Crippen molar-refractivity contribution in [3.63, 3.8) is 0 Å². The van der Waals surface area contributed by atoms with Gasteiger partial charge in [-0.2, -0.15) is 0 Å². The van der Waals surface area contributed by atoms with E-state index in [1.807, 2.05) is 0 Å². The van der Waals surface area contributed by atoms with Gasteiger partial charge in [0.05, 0.1) is 49.9 Å². The number of anilines is 3. The second-order valence-electron chi connectivity index (χ2n) is 15.3. The largest absolute Gasteiger partial charge is 0.310 e. The predicted octanol–water partition coefficient (Wildman–Crippen LogP) is 13.6. The minimum atomic E-state index is -0.595. The molecule has 0 spiro atoms. The Morgan fingerprint density at radius 3 is 1.64 bits per heavy atom. The Morgan fingerprint density at radius 2 is 0.893 bits per heavy atom. The lowest BCUT2D eigenvalue weighted by Gasteiger charge is -2.46. The van der Waals surface area contributed by atoms with E-state index in [4.69, 9.17) is 0 Å². The first-order valence-electron chi connectivity index (χ1n) is 19.5. The van der Waals surface area contributed by atoms with E-state index in [-0.39, 0.29) is 0 Å². The number of fused-ring (bicyclic) bond motifs is 12. The Balaban J connectivity index is 1.27. The van der Waals surface area contributed by atoms with Crippen LogP contribution in [0.25, 0.3) is 65.4 Å². The van der Waals surface area contributed by atoms with Gasteiger partial charge in [0.15, 0.2) is 0 Å². The Hall–Kier alpha value is -7.36. The molecule has 0 bridgehead atoms. The summed E-state index contributed by atoms with van der Waals surface area (Å²) in [6.07, 6.45) is 0. The molecule has 3 aromatic heterocycles. The topological polar surface area (TPSA) is 12.1 Å². The van der Waals surface area contributed by atoms with Gasteiger partial charge in [0.25, 0.3) is 0 Å². The summed E-state index contributed by atoms with van der Waals surface area (Å²) in [5.41, 5.74) is 15.3. The van der Waals surface area contributed by atoms with E-state index in [2.05, 4.69) is 214 Å². The summed E-state index contributed by atoms with van der Waals surface area (Å²) in [7, 11) is 0. The van der Waals surface area contributed by atoms with E-state index in [0.29, 0.717) is 0 Å². The highest BCUT2D eigenvalue weighted by atomic mass is 15.2. The zero-order valence-corrected chi connectivity index (χ0v) is 30.4. The third-order valence-electron chi connectivity index (χ3n) is 12.6. The van der Waals surface area contributed by atoms with E-state index in [0.717, 1.165) is 5.69 Å². The van der Waals surface area contributed by atoms with Crippen LogP contribution in [0.3, 0.4) is 0 Å². The Labute approximate surface area is 322 Å². The minimum absolute atomic E-state index is 0.595. The van der Waals surface area contributed by atoms with Crippen molar-refractivity contribution in [3.8, 4) is 0 Å². The fraction of sp³-hybridized carbons (Fsp3) is 0.0189. The molecule has 0 amide bonds. The molecule has 260 valence electrons. The average Bonchev–Trinajstić information content (AvgIpc) is 3.79. The van der Waals surface area contributed by atoms with Crippen LogP contribution < -0.4 is 4.90 Å². The van der Waals surface area contributed by atoms with Crippen molar-refractivity contribution < 1.29 is 0 Å². The summed E-state index contributed by atoms with van der Waals surface area (Å²) >= 11 is 0. The first kappa shape index (κ1) is 30.0. The average molecular weight is 712 g/mol. The summed E-state index contributed by atoms with van der Waals surface area (Å²) in [4.78, 5) is 2.49. The second-order valence-corrected chi connectivity index (χ2v) is 15.3. The van der Waals surface area contributed by atoms with Gasteiger partial charge in [0.1, 0.15) is 0 Å². The summed E-state index contributed by atoms with van der Waals surface area (Å²) in [6, 6.07) is 74.4. The zero-order chi connectivity index (χ0) is 36.5. The highest BCUT2D eigenvalue weighted by molar-refractivity contribution is 6.25. The molecule has 0 saturated carbocycles. The van der Waals surface area contributed by atoms with Crippen molar-refractivity contribution in [3.05, 3.63) is 222 Å². The molecule has 1 aliphatic heterocycles. The molecule has 3 heteroatoms. The molecule has 9 aromatic carbocycles. The van der Waals surface area contributed by atoms with Gasteiger partial charge in [-0.25, -0.2) is 0 Å². The minimum Gasteiger partial charge on any atom is -0.310 e. The van der Waals surface area contributed by atoms with Gasteiger partial charge < -0.3 is 13.7 Å². The zero-order valence-electron chi connectivity index (χ0n) is 30.4. The van der Waals surface area contributed by atoms with Crippen LogP contribution in [0.15, 0.2) is 200 Å². The summed E-state index contributed by atoms with van der Waals surface area (Å²) < 4.78 is 5.12. The lowest BCUT2D eigenvalue weighted by Crippen LogP contribution is -2.37. The highest BCUT2D eigenvalue weighted by Crippen LogP contribution is 2.59. The predicted molar refractivity (Wildman–Crippen MR) is 234 cm³/mol. The first-order chi connectivity index (χ1) is 27.8. The molecule has 0 radical (unpaired) electrons. The number of benzene rings is 9. The maximum absolute atomic E-state index is 2.57. The third-order valence-corrected chi connectivity index (χ3v) is 12.6. The summed E-state index contributed by atoms with van der Waals surface area (Å²) in [5.74, 6) is 0. The van der Waals surface area contributed by atoms with Crippen LogP contribution >= 0.6 is 0 Å². The van der Waals surface area contributed by atoms with Crippen molar-refractivity contribution in [1.82, 2.24) is 8.80 Å². The quantitative estimate of drug-likeness (QED) is 0.166. The maximum atomic E-state index is 2.57. The third kappa shape index (κ3) is 3.63. The van der Waals surface area contributed by atoms with Crippen LogP contribution in [-0.4, -0.2) is 8.80 Å². The summed E-state index contributed by atoms with van der Waals surface area (Å²) in [5, 5.41) is 7.58. The van der Waals surface area contributed by atoms with Gasteiger partial charge >= 0.3 is 0 Å². The fourth-order valence-electron chi connectivity index (χ4n) is 10.5. The van der Waals surface area contributed by atoms with Gasteiger partial charge in [0, 0.05) is 32.6 Å². The van der Waals surface area contributed by atoms with Crippen LogP contribution in [0.5, 0.6) is 0 Å². The fourth-order valence-corrected chi connectivity index (χ4v) is 10.5. The summed E-state index contributed by atoms with van der Waals surface area (Å²) in [6.45, 7) is 0. The van der Waals surface area contributed by atoms with Gasteiger partial charge in [-0.3, -0.25) is 0 Å². The molecule has 13 rings (SSSR count). The Kier molecular flexibility index (Phi) is 5.83. The van der Waals surface area contributed by atoms with Crippen molar-refractivity contribution in [1.29, 1.82) is 0 Å². The first-order valence-corrected chi connectivity index (χ1v) is 19.5. The van der Waals surface area contributed by atoms with E-state index in [1.54, 1.807) is 0 Å². The SMILES string of the molecule is c1ccc(N2c3ccccc3C(c3ccccc3)(c3ccccc3)c3cc4c(cc32)c2cccc3c2n4c2cccc4c5ccc6ccccc6c5n3c42)cc1. The lowest BCUT2D eigenvalue weighted by atomic mass is 9.62. The maximum Gasteiger partial charge on any atom is 0.0783 e. The van der Waals surface area contributed by atoms with Gasteiger partial charge in [-0.05, 0) is 70.1 Å². The molecule has 0 saturated heterocycles. The number of hydrogen-bond donors (Lipinski definition) is 0. The molecule has 3 nitrogen and oxygen atoms in total. The van der Waals surface area contributed by atoms with Crippen molar-refractivity contribution in [2.45, 2.75) is 5.41 Å². The molecule has 0 aliphatic carbocycles. The molecule has 56 heavy (non-hydrogen) atoms. The molecule has 0 unspecified atom stereocenters. The van der Waals surface area contributed by atoms with Crippen molar-refractivity contribution >= 4 is 82.5 Å². The van der Waals surface area contributed by atoms with E-state index >= 15 is 0 Å². The van der Waals surface area contributed by atoms with Gasteiger partial charge in [-0.1, -0.05) is 158 Å². The van der Waals surface area contributed by atoms with Crippen LogP contribution in [0, 0.1) is 0 Å². The van der Waals surface area contributed by atoms with E-state index in [1.165, 1.54) is 99.0 Å². The van der Waals surface area contributed by atoms with Gasteiger partial charge in [-0.15, -0.1) is 0 Å². The molecule has 12 aromatic rings. The standard InChI is InChI=1S/C53H33N3/c1-4-17-35(18-5-1)53(36-19-6-2-7-20-36)43-26-12-13-27-45(43)54(37-21-8-3-9-22-37)49-32-42-40-25-15-29-47-51(40)55(48(42)33-44(49)53)46-28-14-24-39-41-31-30-34-16-10-11-23-38(34)50(41)56(47)52(39)46/h1-33H. The smallest absolute Gasteiger partial charge is 0.0783 e. The molecule has 0 atom stereocenters. The monoisotopic (exact) mass is 711 g/mol. The van der Waals surface area contributed by atoms with E-state index in [9.17, 15) is 0 Å². The van der Waals surface area contributed by atoms with Crippen LogP contribution in [0.1, 0.15) is 22.3 Å². The number of hydrogen-bond acceptors (Lipinski definition) is 1. The van der Waals surface area contributed by atoms with E-state index < -0.39 is 5.41 Å². The molecular formula is C53H33N3. The molecule has 0 N–H and O–H groups in total. The Bertz CT molecular complexity index is 3480. The number of aromatic nitrogens is 2. The number of rotatable bonds is 3. The van der Waals surface area contributed by atoms with Crippen LogP contribution in [0.4, 0.5) is 17.1 Å². The second kappa shape index (κ2) is 10.9. The molecule has 0 fully saturated rings. The molecule has 4 heterocycles. The van der Waals surface area contributed by atoms with Crippen molar-refractivity contribution in [2.75, 3.05) is 4.90 Å². The van der Waals surface area contributed by atoms with Crippen LogP contribution in [-0.2, 0) is 5.41 Å².